The molecule has 5 N–H and O–H groups in total. The molecule has 82 valence electrons. The Hall–Kier alpha value is -0.680. The monoisotopic (exact) mass is 223 g/mol. The number of nitrogens with two attached hydrogens (primary N) is 1. The zero-order chi connectivity index (χ0) is 11.2. The molecule has 0 aromatic rings. The second-order valence-electron chi connectivity index (χ2n) is 2.82. The fourth-order valence-corrected chi connectivity index (χ4v) is 1.33. The van der Waals surface area contributed by atoms with Crippen LogP contribution in [-0.4, -0.2) is 33.1 Å². The van der Waals surface area contributed by atoms with Crippen molar-refractivity contribution < 1.29 is 24.3 Å². The lowest BCUT2D eigenvalue weighted by molar-refractivity contribution is -0.137. The summed E-state index contributed by atoms with van der Waals surface area (Å²) < 4.78 is 10.4. The highest BCUT2D eigenvalue weighted by molar-refractivity contribution is 7.51. The minimum Gasteiger partial charge on any atom is -0.480 e. The number of carboxylic acid groups (broad SMARTS) is 1. The topological polar surface area (TPSA) is 121 Å². The minimum absolute atomic E-state index is 0.195. The van der Waals surface area contributed by atoms with Crippen LogP contribution in [0, 0.1) is 0 Å². The first kappa shape index (κ1) is 13.3. The molecule has 0 saturated heterocycles. The molecule has 6 nitrogen and oxygen atoms in total. The molecular formula is C7H14NO5P. The van der Waals surface area contributed by atoms with Crippen molar-refractivity contribution in [3.63, 3.8) is 0 Å². The van der Waals surface area contributed by atoms with Crippen molar-refractivity contribution in [2.24, 2.45) is 5.73 Å². The molecule has 0 bridgehead atoms. The van der Waals surface area contributed by atoms with Gasteiger partial charge in [-0.05, 0) is 12.8 Å². The third kappa shape index (κ3) is 7.94. The van der Waals surface area contributed by atoms with Gasteiger partial charge in [0, 0.05) is 0 Å². The Kier molecular flexibility index (Phi) is 5.64. The number of unbranched alkanes of at least 4 members (excludes halogenated alkanes) is 1. The number of hydrogen-bond acceptors (Lipinski definition) is 3. The quantitative estimate of drug-likeness (QED) is 0.284. The molecule has 0 amide bonds. The smallest absolute Gasteiger partial charge is 0.325 e. The number of hydrogen-bond donors (Lipinski definition) is 4. The van der Waals surface area contributed by atoms with Gasteiger partial charge in [-0.3, -0.25) is 9.36 Å². The third-order valence-electron chi connectivity index (χ3n) is 1.45. The summed E-state index contributed by atoms with van der Waals surface area (Å²) in [4.78, 5) is 27.2. The third-order valence-corrected chi connectivity index (χ3v) is 2.35. The summed E-state index contributed by atoms with van der Waals surface area (Å²) in [5.74, 6) is -1.13. The predicted molar refractivity (Wildman–Crippen MR) is 50.9 cm³/mol. The van der Waals surface area contributed by atoms with Crippen molar-refractivity contribution in [3.05, 3.63) is 12.2 Å². The van der Waals surface area contributed by atoms with Gasteiger partial charge in [-0.15, -0.1) is 0 Å². The van der Waals surface area contributed by atoms with Gasteiger partial charge in [0.05, 0.1) is 6.16 Å². The van der Waals surface area contributed by atoms with Gasteiger partial charge in [-0.1, -0.05) is 12.2 Å². The van der Waals surface area contributed by atoms with Gasteiger partial charge >= 0.3 is 13.6 Å². The number of aliphatic carboxylic acids is 1. The number of carboxylic acids is 1. The maximum Gasteiger partial charge on any atom is 0.325 e. The van der Waals surface area contributed by atoms with E-state index < -0.39 is 19.6 Å². The van der Waals surface area contributed by atoms with E-state index >= 15 is 0 Å². The lowest BCUT2D eigenvalue weighted by atomic mass is 10.2. The van der Waals surface area contributed by atoms with Crippen LogP contribution in [0.5, 0.6) is 0 Å². The Morgan fingerprint density at radius 2 is 2.07 bits per heavy atom. The van der Waals surface area contributed by atoms with Crippen LogP contribution in [0.2, 0.25) is 0 Å². The van der Waals surface area contributed by atoms with Crippen molar-refractivity contribution in [2.75, 3.05) is 6.16 Å². The first-order valence-corrected chi connectivity index (χ1v) is 5.82. The molecule has 0 aromatic heterocycles. The van der Waals surface area contributed by atoms with E-state index in [2.05, 4.69) is 0 Å². The second-order valence-corrected chi connectivity index (χ2v) is 4.60. The first-order valence-electron chi connectivity index (χ1n) is 4.02. The van der Waals surface area contributed by atoms with Crippen LogP contribution in [-0.2, 0) is 9.36 Å². The van der Waals surface area contributed by atoms with Crippen LogP contribution in [0.25, 0.3) is 0 Å². The van der Waals surface area contributed by atoms with Crippen molar-refractivity contribution in [2.45, 2.75) is 18.9 Å². The molecule has 0 unspecified atom stereocenters. The van der Waals surface area contributed by atoms with Crippen LogP contribution in [0.3, 0.4) is 0 Å². The molecule has 0 aliphatic rings. The molecule has 0 aromatic carbocycles. The molecule has 14 heavy (non-hydrogen) atoms. The Morgan fingerprint density at radius 1 is 1.50 bits per heavy atom. The van der Waals surface area contributed by atoms with Crippen molar-refractivity contribution in [1.29, 1.82) is 0 Å². The molecule has 1 atom stereocenters. The Morgan fingerprint density at radius 3 is 2.50 bits per heavy atom. The number of rotatable bonds is 6. The minimum atomic E-state index is -3.93. The molecule has 0 aliphatic heterocycles. The Bertz CT molecular complexity index is 259. The van der Waals surface area contributed by atoms with Crippen LogP contribution < -0.4 is 5.73 Å². The average molecular weight is 223 g/mol. The van der Waals surface area contributed by atoms with Crippen molar-refractivity contribution in [1.82, 2.24) is 0 Å². The Labute approximate surface area is 81.6 Å². The zero-order valence-electron chi connectivity index (χ0n) is 7.54. The average Bonchev–Trinajstić information content (AvgIpc) is 2.01. The summed E-state index contributed by atoms with van der Waals surface area (Å²) in [6.07, 6.45) is 3.33. The summed E-state index contributed by atoms with van der Waals surface area (Å²) in [6.45, 7) is 0. The molecule has 0 heterocycles. The Balaban J connectivity index is 3.65. The molecule has 0 fully saturated rings. The summed E-state index contributed by atoms with van der Waals surface area (Å²) in [6, 6.07) is -1.05. The van der Waals surface area contributed by atoms with E-state index in [-0.39, 0.29) is 6.16 Å². The summed E-state index contributed by atoms with van der Waals surface area (Å²) >= 11 is 0. The molecule has 0 saturated carbocycles. The first-order chi connectivity index (χ1) is 6.33. The highest BCUT2D eigenvalue weighted by Gasteiger charge is 2.10. The lowest BCUT2D eigenvalue weighted by Gasteiger charge is -2.01. The normalized spacial score (nSPS) is 14.5. The maximum atomic E-state index is 10.4. The van der Waals surface area contributed by atoms with Gasteiger partial charge in [0.1, 0.15) is 6.04 Å². The molecule has 7 heteroatoms. The van der Waals surface area contributed by atoms with Crippen molar-refractivity contribution >= 4 is 13.6 Å². The number of carbonyl (C=O) groups is 1. The number of allylic oxidation sites excluding steroid dienone is 1. The van der Waals surface area contributed by atoms with E-state index in [1.54, 1.807) is 0 Å². The fourth-order valence-electron chi connectivity index (χ4n) is 0.740. The van der Waals surface area contributed by atoms with Crippen LogP contribution >= 0.6 is 7.60 Å². The van der Waals surface area contributed by atoms with Gasteiger partial charge in [0.15, 0.2) is 0 Å². The highest BCUT2D eigenvalue weighted by atomic mass is 31.2. The van der Waals surface area contributed by atoms with E-state index in [4.69, 9.17) is 20.6 Å². The highest BCUT2D eigenvalue weighted by Crippen LogP contribution is 2.35. The summed E-state index contributed by atoms with van der Waals surface area (Å²) in [7, 11) is -3.93. The van der Waals surface area contributed by atoms with E-state index in [0.717, 1.165) is 0 Å². The van der Waals surface area contributed by atoms with Crippen LogP contribution in [0.15, 0.2) is 12.2 Å². The van der Waals surface area contributed by atoms with Crippen molar-refractivity contribution in [3.8, 4) is 0 Å². The second kappa shape index (κ2) is 5.93. The fraction of sp³-hybridized carbons (Fsp3) is 0.571. The van der Waals surface area contributed by atoms with E-state index in [0.29, 0.717) is 12.8 Å². The van der Waals surface area contributed by atoms with E-state index in [1.165, 1.54) is 12.2 Å². The summed E-state index contributed by atoms with van der Waals surface area (Å²) in [5, 5.41) is 8.37. The van der Waals surface area contributed by atoms with Crippen LogP contribution in [0.1, 0.15) is 12.8 Å². The van der Waals surface area contributed by atoms with E-state index in [9.17, 15) is 9.36 Å². The van der Waals surface area contributed by atoms with Gasteiger partial charge < -0.3 is 20.6 Å². The molecule has 0 radical (unpaired) electrons. The van der Waals surface area contributed by atoms with E-state index in [1.807, 2.05) is 0 Å². The zero-order valence-corrected chi connectivity index (χ0v) is 8.43. The van der Waals surface area contributed by atoms with Gasteiger partial charge in [0.2, 0.25) is 0 Å². The van der Waals surface area contributed by atoms with Gasteiger partial charge in [0.25, 0.3) is 0 Å². The maximum absolute atomic E-state index is 10.4. The van der Waals surface area contributed by atoms with Crippen LogP contribution in [0.4, 0.5) is 0 Å². The largest absolute Gasteiger partial charge is 0.480 e. The van der Waals surface area contributed by atoms with Gasteiger partial charge in [-0.2, -0.15) is 0 Å². The van der Waals surface area contributed by atoms with Gasteiger partial charge in [-0.25, -0.2) is 0 Å². The molecule has 0 spiro atoms. The standard InChI is InChI=1S/C7H14NO5P/c8-6(7(9)10)4-2-1-3-5-14(11,12)13/h2,4,6H,1,3,5,8H2,(H,9,10)(H2,11,12,13)/t6-/m1/s1. The SMILES string of the molecule is N[C@H](C=CCCCP(=O)(O)O)C(=O)O. The molecule has 0 rings (SSSR count). The lowest BCUT2D eigenvalue weighted by Crippen LogP contribution is -2.27. The molecular weight excluding hydrogens is 209 g/mol. The summed E-state index contributed by atoms with van der Waals surface area (Å²) in [5.41, 5.74) is 5.14. The predicted octanol–water partition coefficient (Wildman–Crippen LogP) is -0.0876. The molecule has 0 aliphatic carbocycles.